The number of fused-ring (bicyclic) bond motifs is 1. The fraction of sp³-hybridized carbons (Fsp3) is 0.560. The van der Waals surface area contributed by atoms with Crippen LogP contribution in [-0.2, 0) is 14.3 Å². The van der Waals surface area contributed by atoms with Crippen molar-refractivity contribution in [1.29, 1.82) is 0 Å². The summed E-state index contributed by atoms with van der Waals surface area (Å²) in [5.74, 6) is 0.155. The maximum absolute atomic E-state index is 12.4. The largest absolute Gasteiger partial charge is 0.470 e. The number of esters is 1. The van der Waals surface area contributed by atoms with Gasteiger partial charge >= 0.3 is 12.1 Å². The number of ether oxygens (including phenoxy) is 3. The molecular weight excluding hydrogens is 464 g/mol. The third-order valence-corrected chi connectivity index (χ3v) is 5.47. The highest BCUT2D eigenvalue weighted by atomic mass is 16.6. The number of nitrogens with zero attached hydrogens (tertiary/aromatic N) is 5. The molecule has 1 aliphatic rings. The summed E-state index contributed by atoms with van der Waals surface area (Å²) in [7, 11) is 0. The maximum Gasteiger partial charge on any atom is 0.435 e. The summed E-state index contributed by atoms with van der Waals surface area (Å²) in [4.78, 5) is 29.1. The molecule has 36 heavy (non-hydrogen) atoms. The van der Waals surface area contributed by atoms with Gasteiger partial charge in [-0.2, -0.15) is 14.9 Å². The highest BCUT2D eigenvalue weighted by Crippen LogP contribution is 2.38. The van der Waals surface area contributed by atoms with Gasteiger partial charge in [0.1, 0.15) is 22.3 Å². The molecule has 0 saturated heterocycles. The number of nitrogens with one attached hydrogen (secondary N) is 1. The summed E-state index contributed by atoms with van der Waals surface area (Å²) >= 11 is 0. The molecule has 4 rings (SSSR count). The van der Waals surface area contributed by atoms with Crippen LogP contribution in [0, 0.1) is 0 Å². The topological polar surface area (TPSA) is 122 Å². The van der Waals surface area contributed by atoms with Crippen molar-refractivity contribution in [3.63, 3.8) is 0 Å². The Labute approximate surface area is 210 Å². The van der Waals surface area contributed by atoms with E-state index in [0.717, 1.165) is 10.2 Å². The molecule has 3 aromatic heterocycles. The van der Waals surface area contributed by atoms with Gasteiger partial charge in [0.2, 0.25) is 5.88 Å². The van der Waals surface area contributed by atoms with Crippen LogP contribution >= 0.6 is 0 Å². The highest BCUT2D eigenvalue weighted by molar-refractivity contribution is 5.73. The van der Waals surface area contributed by atoms with Crippen molar-refractivity contribution < 1.29 is 23.8 Å². The zero-order valence-electron chi connectivity index (χ0n) is 21.9. The predicted molar refractivity (Wildman–Crippen MR) is 132 cm³/mol. The molecule has 0 amide bonds. The van der Waals surface area contributed by atoms with E-state index in [-0.39, 0.29) is 18.6 Å². The van der Waals surface area contributed by atoms with E-state index in [1.54, 1.807) is 50.1 Å². The molecule has 1 N–H and O–H groups in total. The Morgan fingerprint density at radius 2 is 1.78 bits per heavy atom. The van der Waals surface area contributed by atoms with Gasteiger partial charge in [-0.3, -0.25) is 4.79 Å². The molecule has 0 aliphatic heterocycles. The molecule has 11 heteroatoms. The van der Waals surface area contributed by atoms with Crippen LogP contribution in [0.2, 0.25) is 0 Å². The lowest BCUT2D eigenvalue weighted by molar-refractivity contribution is -0.154. The second-order valence-corrected chi connectivity index (χ2v) is 11.4. The Balaban J connectivity index is 1.45. The summed E-state index contributed by atoms with van der Waals surface area (Å²) in [6.45, 7) is 13.1. The Bertz CT molecular complexity index is 1260. The smallest absolute Gasteiger partial charge is 0.435 e. The van der Waals surface area contributed by atoms with E-state index in [9.17, 15) is 9.59 Å². The average molecular weight is 499 g/mol. The third kappa shape index (κ3) is 6.20. The van der Waals surface area contributed by atoms with Crippen LogP contribution in [0.15, 0.2) is 30.9 Å². The molecule has 0 spiro atoms. The predicted octanol–water partition coefficient (Wildman–Crippen LogP) is 3.61. The van der Waals surface area contributed by atoms with Crippen molar-refractivity contribution in [3.8, 4) is 17.1 Å². The Morgan fingerprint density at radius 1 is 1.08 bits per heavy atom. The number of aromatic nitrogens is 5. The van der Waals surface area contributed by atoms with Gasteiger partial charge in [0, 0.05) is 30.6 Å². The number of carbonyl (C=O) groups excluding carboxylic acids is 2. The number of carbonyl (C=O) groups is 2. The fourth-order valence-corrected chi connectivity index (χ4v) is 4.02. The van der Waals surface area contributed by atoms with E-state index in [4.69, 9.17) is 19.2 Å². The maximum atomic E-state index is 12.4. The van der Waals surface area contributed by atoms with Gasteiger partial charge in [0.25, 0.3) is 0 Å². The second kappa shape index (κ2) is 9.20. The molecule has 3 aromatic rings. The van der Waals surface area contributed by atoms with Gasteiger partial charge in [-0.05, 0) is 54.5 Å². The van der Waals surface area contributed by atoms with Crippen LogP contribution in [0.25, 0.3) is 16.8 Å². The van der Waals surface area contributed by atoms with E-state index in [2.05, 4.69) is 15.5 Å². The number of rotatable bonds is 6. The molecule has 0 atom stereocenters. The molecule has 3 heterocycles. The Kier molecular flexibility index (Phi) is 6.54. The molecule has 1 fully saturated rings. The van der Waals surface area contributed by atoms with Crippen LogP contribution in [0.1, 0.15) is 61.3 Å². The number of hydrogen-bond donors (Lipinski definition) is 1. The molecule has 0 bridgehead atoms. The highest BCUT2D eigenvalue weighted by Gasteiger charge is 2.43. The molecule has 0 radical (unpaired) electrons. The van der Waals surface area contributed by atoms with Crippen LogP contribution in [0.5, 0.6) is 5.88 Å². The Hall–Kier alpha value is -3.47. The van der Waals surface area contributed by atoms with Gasteiger partial charge in [-0.15, -0.1) is 0 Å². The van der Waals surface area contributed by atoms with Crippen LogP contribution in [-0.4, -0.2) is 65.8 Å². The first kappa shape index (κ1) is 25.6. The monoisotopic (exact) mass is 498 g/mol. The van der Waals surface area contributed by atoms with Gasteiger partial charge in [-0.1, -0.05) is 0 Å². The minimum absolute atomic E-state index is 0.138. The lowest BCUT2D eigenvalue weighted by atomic mass is 9.77. The van der Waals surface area contributed by atoms with Gasteiger partial charge < -0.3 is 19.5 Å². The van der Waals surface area contributed by atoms with Gasteiger partial charge in [0.05, 0.1) is 30.8 Å². The third-order valence-electron chi connectivity index (χ3n) is 5.47. The summed E-state index contributed by atoms with van der Waals surface area (Å²) in [6.07, 6.45) is 7.39. The lowest BCUT2D eigenvalue weighted by Crippen LogP contribution is -2.56. The van der Waals surface area contributed by atoms with Crippen LogP contribution in [0.3, 0.4) is 0 Å². The minimum Gasteiger partial charge on any atom is -0.470 e. The minimum atomic E-state index is -0.631. The Morgan fingerprint density at radius 3 is 2.44 bits per heavy atom. The summed E-state index contributed by atoms with van der Waals surface area (Å²) in [5.41, 5.74) is 0.311. The van der Waals surface area contributed by atoms with Crippen molar-refractivity contribution in [1.82, 2.24) is 29.7 Å². The molecule has 1 aliphatic carbocycles. The van der Waals surface area contributed by atoms with Crippen molar-refractivity contribution in [2.75, 3.05) is 6.54 Å². The lowest BCUT2D eigenvalue weighted by Gasteiger charge is -2.45. The van der Waals surface area contributed by atoms with E-state index < -0.39 is 22.9 Å². The van der Waals surface area contributed by atoms with Gasteiger partial charge in [0.15, 0.2) is 0 Å². The van der Waals surface area contributed by atoms with Crippen molar-refractivity contribution in [2.24, 2.45) is 0 Å². The van der Waals surface area contributed by atoms with E-state index in [0.29, 0.717) is 30.0 Å². The van der Waals surface area contributed by atoms with Crippen LogP contribution in [0.4, 0.5) is 4.79 Å². The second-order valence-electron chi connectivity index (χ2n) is 11.4. The molecule has 0 aromatic carbocycles. The zero-order chi connectivity index (χ0) is 26.3. The van der Waals surface area contributed by atoms with Crippen LogP contribution < -0.4 is 10.1 Å². The fourth-order valence-electron chi connectivity index (χ4n) is 4.02. The molecule has 11 nitrogen and oxygen atoms in total. The first-order valence-corrected chi connectivity index (χ1v) is 12.0. The normalized spacial score (nSPS) is 20.1. The molecule has 0 unspecified atom stereocenters. The first-order chi connectivity index (χ1) is 16.7. The van der Waals surface area contributed by atoms with Gasteiger partial charge in [-0.25, -0.2) is 14.3 Å². The quantitative estimate of drug-likeness (QED) is 0.508. The molecular formula is C25H34N6O5. The SMILES string of the molecule is CC(C)(C)OC(=O)CNC1CC(C)(Oc2nc(-c3cnn(C(=O)OC(C)(C)C)c3)cn3nccc23)C1. The first-order valence-electron chi connectivity index (χ1n) is 12.0. The van der Waals surface area contributed by atoms with E-state index in [1.165, 1.54) is 0 Å². The summed E-state index contributed by atoms with van der Waals surface area (Å²) in [6, 6.07) is 1.97. The number of hydrogen-bond acceptors (Lipinski definition) is 9. The standard InChI is InChI=1S/C25H34N6O5/c1-23(2,3)34-20(32)13-26-17-10-25(7,11-17)35-21-19-8-9-27-30(19)15-18(29-21)16-12-28-31(14-16)22(33)36-24(4,5)6/h8-9,12,14-15,17,26H,10-11,13H2,1-7H3. The van der Waals surface area contributed by atoms with E-state index in [1.807, 2.05) is 33.8 Å². The molecule has 1 saturated carbocycles. The average Bonchev–Trinajstić information content (AvgIpc) is 3.37. The molecule has 194 valence electrons. The summed E-state index contributed by atoms with van der Waals surface area (Å²) < 4.78 is 19.9. The summed E-state index contributed by atoms with van der Waals surface area (Å²) in [5, 5.41) is 11.7. The van der Waals surface area contributed by atoms with Crippen molar-refractivity contribution in [2.45, 2.75) is 84.2 Å². The zero-order valence-corrected chi connectivity index (χ0v) is 21.9. The van der Waals surface area contributed by atoms with Crippen molar-refractivity contribution >= 4 is 17.6 Å². The van der Waals surface area contributed by atoms with Crippen molar-refractivity contribution in [3.05, 3.63) is 30.9 Å². The van der Waals surface area contributed by atoms with E-state index >= 15 is 0 Å².